The molecule has 0 saturated heterocycles. The Hall–Kier alpha value is -1.78. The first-order chi connectivity index (χ1) is 6.63. The first kappa shape index (κ1) is 10.3. The van der Waals surface area contributed by atoms with Gasteiger partial charge >= 0.3 is 5.97 Å². The van der Waals surface area contributed by atoms with Gasteiger partial charge < -0.3 is 14.6 Å². The summed E-state index contributed by atoms with van der Waals surface area (Å²) in [5.41, 5.74) is 0. The number of carboxylic acid groups (broad SMARTS) is 1. The number of carbonyl (C=O) groups is 1. The van der Waals surface area contributed by atoms with Crippen LogP contribution in [0.15, 0.2) is 18.2 Å². The quantitative estimate of drug-likeness (QED) is 0.795. The third-order valence-corrected chi connectivity index (χ3v) is 1.49. The van der Waals surface area contributed by atoms with Gasteiger partial charge in [0.2, 0.25) is 0 Å². The number of ether oxygens (including phenoxy) is 2. The van der Waals surface area contributed by atoms with E-state index in [0.29, 0.717) is 0 Å². The summed E-state index contributed by atoms with van der Waals surface area (Å²) in [4.78, 5) is 10.1. The first-order valence-electron chi connectivity index (χ1n) is 3.81. The third-order valence-electron chi connectivity index (χ3n) is 1.49. The van der Waals surface area contributed by atoms with E-state index in [-0.39, 0.29) is 11.5 Å². The summed E-state index contributed by atoms with van der Waals surface area (Å²) < 4.78 is 22.5. The standard InChI is InChI=1S/C9H9FO4/c1-13-8-3-2-6(4-7(8)10)14-5-9(11)12/h2-4H,5H2,1H3,(H,11,12). The fourth-order valence-electron chi connectivity index (χ4n) is 0.882. The third kappa shape index (κ3) is 2.62. The molecular weight excluding hydrogens is 191 g/mol. The van der Waals surface area contributed by atoms with Gasteiger partial charge in [0.25, 0.3) is 0 Å². The zero-order chi connectivity index (χ0) is 10.6. The van der Waals surface area contributed by atoms with Crippen molar-refractivity contribution in [1.82, 2.24) is 0 Å². The first-order valence-corrected chi connectivity index (χ1v) is 3.81. The second-order valence-corrected chi connectivity index (χ2v) is 2.48. The molecule has 1 aromatic rings. The van der Waals surface area contributed by atoms with Crippen molar-refractivity contribution in [2.45, 2.75) is 0 Å². The van der Waals surface area contributed by atoms with Gasteiger partial charge in [-0.2, -0.15) is 0 Å². The summed E-state index contributed by atoms with van der Waals surface area (Å²) in [6, 6.07) is 3.87. The van der Waals surface area contributed by atoms with Crippen molar-refractivity contribution in [3.8, 4) is 11.5 Å². The lowest BCUT2D eigenvalue weighted by Crippen LogP contribution is -2.09. The average molecular weight is 200 g/mol. The zero-order valence-electron chi connectivity index (χ0n) is 7.49. The predicted octanol–water partition coefficient (Wildman–Crippen LogP) is 1.30. The molecule has 0 spiro atoms. The lowest BCUT2D eigenvalue weighted by molar-refractivity contribution is -0.139. The van der Waals surface area contributed by atoms with E-state index >= 15 is 0 Å². The molecule has 1 aromatic carbocycles. The van der Waals surface area contributed by atoms with E-state index in [9.17, 15) is 9.18 Å². The minimum Gasteiger partial charge on any atom is -0.494 e. The topological polar surface area (TPSA) is 55.8 Å². The fourth-order valence-corrected chi connectivity index (χ4v) is 0.882. The number of hydrogen-bond donors (Lipinski definition) is 1. The number of methoxy groups -OCH3 is 1. The second kappa shape index (κ2) is 4.45. The summed E-state index contributed by atoms with van der Waals surface area (Å²) >= 11 is 0. The Labute approximate surface area is 79.9 Å². The molecule has 1 rings (SSSR count). The summed E-state index contributed by atoms with van der Waals surface area (Å²) in [7, 11) is 1.34. The molecule has 1 N–H and O–H groups in total. The van der Waals surface area contributed by atoms with Crippen LogP contribution in [-0.2, 0) is 4.79 Å². The van der Waals surface area contributed by atoms with Crippen LogP contribution in [-0.4, -0.2) is 24.8 Å². The summed E-state index contributed by atoms with van der Waals surface area (Å²) in [6.07, 6.45) is 0. The molecule has 0 heterocycles. The maximum Gasteiger partial charge on any atom is 0.341 e. The van der Waals surface area contributed by atoms with Gasteiger partial charge in [-0.3, -0.25) is 0 Å². The molecule has 0 bridgehead atoms. The normalized spacial score (nSPS) is 9.57. The highest BCUT2D eigenvalue weighted by atomic mass is 19.1. The molecule has 0 unspecified atom stereocenters. The molecule has 0 atom stereocenters. The van der Waals surface area contributed by atoms with E-state index in [0.717, 1.165) is 6.07 Å². The molecule has 14 heavy (non-hydrogen) atoms. The largest absolute Gasteiger partial charge is 0.494 e. The van der Waals surface area contributed by atoms with Crippen LogP contribution in [0.4, 0.5) is 4.39 Å². The Bertz CT molecular complexity index is 338. The lowest BCUT2D eigenvalue weighted by atomic mass is 10.3. The Kier molecular flexibility index (Phi) is 3.28. The van der Waals surface area contributed by atoms with Gasteiger partial charge in [0.15, 0.2) is 18.2 Å². The SMILES string of the molecule is COc1ccc(OCC(=O)O)cc1F. The molecule has 0 aliphatic carbocycles. The molecule has 76 valence electrons. The minimum absolute atomic E-state index is 0.0904. The van der Waals surface area contributed by atoms with Gasteiger partial charge in [-0.15, -0.1) is 0 Å². The van der Waals surface area contributed by atoms with Crippen LogP contribution >= 0.6 is 0 Å². The van der Waals surface area contributed by atoms with Crippen LogP contribution in [0.25, 0.3) is 0 Å². The number of carboxylic acids is 1. The van der Waals surface area contributed by atoms with E-state index in [1.807, 2.05) is 0 Å². The highest BCUT2D eigenvalue weighted by Gasteiger charge is 2.05. The van der Waals surface area contributed by atoms with Gasteiger partial charge in [-0.05, 0) is 12.1 Å². The number of hydrogen-bond acceptors (Lipinski definition) is 3. The number of halogens is 1. The predicted molar refractivity (Wildman–Crippen MR) is 46.1 cm³/mol. The van der Waals surface area contributed by atoms with E-state index < -0.39 is 18.4 Å². The summed E-state index contributed by atoms with van der Waals surface area (Å²) in [6.45, 7) is -0.494. The molecule has 0 radical (unpaired) electrons. The van der Waals surface area contributed by atoms with E-state index in [2.05, 4.69) is 4.74 Å². The maximum atomic E-state index is 13.0. The van der Waals surface area contributed by atoms with Crippen LogP contribution in [0.5, 0.6) is 11.5 Å². The number of benzene rings is 1. The molecule has 0 aliphatic heterocycles. The van der Waals surface area contributed by atoms with E-state index in [1.165, 1.54) is 19.2 Å². The van der Waals surface area contributed by atoms with Crippen LogP contribution < -0.4 is 9.47 Å². The molecule has 0 fully saturated rings. The van der Waals surface area contributed by atoms with Crippen molar-refractivity contribution >= 4 is 5.97 Å². The van der Waals surface area contributed by atoms with Gasteiger partial charge in [-0.1, -0.05) is 0 Å². The van der Waals surface area contributed by atoms with Crippen molar-refractivity contribution < 1.29 is 23.8 Å². The highest BCUT2D eigenvalue weighted by molar-refractivity contribution is 5.68. The second-order valence-electron chi connectivity index (χ2n) is 2.48. The Morgan fingerprint density at radius 2 is 2.29 bits per heavy atom. The van der Waals surface area contributed by atoms with Crippen LogP contribution in [0, 0.1) is 5.82 Å². The van der Waals surface area contributed by atoms with Crippen molar-refractivity contribution in [1.29, 1.82) is 0 Å². The Balaban J connectivity index is 2.71. The monoisotopic (exact) mass is 200 g/mol. The van der Waals surface area contributed by atoms with Crippen LogP contribution in [0.1, 0.15) is 0 Å². The molecular formula is C9H9FO4. The molecule has 4 nitrogen and oxygen atoms in total. The Morgan fingerprint density at radius 1 is 1.57 bits per heavy atom. The van der Waals surface area contributed by atoms with Crippen LogP contribution in [0.2, 0.25) is 0 Å². The molecule has 5 heteroatoms. The van der Waals surface area contributed by atoms with Crippen molar-refractivity contribution in [2.75, 3.05) is 13.7 Å². The molecule has 0 aliphatic rings. The Morgan fingerprint density at radius 3 is 2.79 bits per heavy atom. The average Bonchev–Trinajstić information content (AvgIpc) is 2.15. The molecule has 0 saturated carbocycles. The van der Waals surface area contributed by atoms with Crippen molar-refractivity contribution in [2.24, 2.45) is 0 Å². The van der Waals surface area contributed by atoms with Gasteiger partial charge in [-0.25, -0.2) is 9.18 Å². The van der Waals surface area contributed by atoms with Crippen molar-refractivity contribution in [3.63, 3.8) is 0 Å². The minimum atomic E-state index is -1.11. The highest BCUT2D eigenvalue weighted by Crippen LogP contribution is 2.21. The van der Waals surface area contributed by atoms with Crippen LogP contribution in [0.3, 0.4) is 0 Å². The number of rotatable bonds is 4. The smallest absolute Gasteiger partial charge is 0.341 e. The number of aliphatic carboxylic acids is 1. The summed E-state index contributed by atoms with van der Waals surface area (Å²) in [5.74, 6) is -1.45. The zero-order valence-corrected chi connectivity index (χ0v) is 7.49. The van der Waals surface area contributed by atoms with E-state index in [4.69, 9.17) is 9.84 Å². The summed E-state index contributed by atoms with van der Waals surface area (Å²) in [5, 5.41) is 8.30. The maximum absolute atomic E-state index is 13.0. The van der Waals surface area contributed by atoms with Crippen molar-refractivity contribution in [3.05, 3.63) is 24.0 Å². The van der Waals surface area contributed by atoms with Gasteiger partial charge in [0.05, 0.1) is 7.11 Å². The van der Waals surface area contributed by atoms with E-state index in [1.54, 1.807) is 0 Å². The van der Waals surface area contributed by atoms with Gasteiger partial charge in [0, 0.05) is 6.07 Å². The lowest BCUT2D eigenvalue weighted by Gasteiger charge is -2.05. The molecule has 0 aromatic heterocycles. The fraction of sp³-hybridized carbons (Fsp3) is 0.222. The van der Waals surface area contributed by atoms with Gasteiger partial charge in [0.1, 0.15) is 5.75 Å². The molecule has 0 amide bonds.